The average Bonchev–Trinajstić information content (AvgIpc) is 2.95. The van der Waals surface area contributed by atoms with Gasteiger partial charge in [-0.3, -0.25) is 4.98 Å². The molecule has 2 N–H and O–H groups in total. The molecule has 1 atom stereocenters. The molecule has 0 saturated carbocycles. The first-order valence-electron chi connectivity index (χ1n) is 5.38. The smallest absolute Gasteiger partial charge is 0.0809 e. The number of nitrogens with zero attached hydrogens (tertiary/aromatic N) is 1. The SMILES string of the molecule is Cc1ccsc1C(N)c1cnc2ccsc2c1. The van der Waals surface area contributed by atoms with Crippen LogP contribution in [0.3, 0.4) is 0 Å². The zero-order valence-electron chi connectivity index (χ0n) is 9.38. The molecule has 0 aliphatic heterocycles. The predicted molar refractivity (Wildman–Crippen MR) is 74.7 cm³/mol. The summed E-state index contributed by atoms with van der Waals surface area (Å²) in [4.78, 5) is 5.66. The highest BCUT2D eigenvalue weighted by Crippen LogP contribution is 2.29. The third-order valence-electron chi connectivity index (χ3n) is 2.87. The van der Waals surface area contributed by atoms with Crippen molar-refractivity contribution in [1.82, 2.24) is 4.98 Å². The molecule has 0 radical (unpaired) electrons. The van der Waals surface area contributed by atoms with E-state index in [4.69, 9.17) is 5.73 Å². The predicted octanol–water partition coefficient (Wildman–Crippen LogP) is 3.71. The molecule has 2 nitrogen and oxygen atoms in total. The molecular weight excluding hydrogens is 248 g/mol. The fraction of sp³-hybridized carbons (Fsp3) is 0.154. The molecule has 0 aliphatic carbocycles. The van der Waals surface area contributed by atoms with Gasteiger partial charge in [-0.25, -0.2) is 0 Å². The van der Waals surface area contributed by atoms with Crippen LogP contribution in [0.4, 0.5) is 0 Å². The lowest BCUT2D eigenvalue weighted by Crippen LogP contribution is -2.11. The minimum absolute atomic E-state index is 0.0611. The van der Waals surface area contributed by atoms with Crippen LogP contribution < -0.4 is 5.73 Å². The Balaban J connectivity index is 2.06. The summed E-state index contributed by atoms with van der Waals surface area (Å²) in [6, 6.07) is 6.23. The maximum absolute atomic E-state index is 6.30. The average molecular weight is 260 g/mol. The first kappa shape index (κ1) is 10.9. The van der Waals surface area contributed by atoms with Gasteiger partial charge in [0.2, 0.25) is 0 Å². The first-order valence-corrected chi connectivity index (χ1v) is 7.14. The van der Waals surface area contributed by atoms with Gasteiger partial charge < -0.3 is 5.73 Å². The zero-order valence-corrected chi connectivity index (χ0v) is 11.0. The van der Waals surface area contributed by atoms with E-state index in [0.29, 0.717) is 0 Å². The minimum Gasteiger partial charge on any atom is -0.320 e. The first-order chi connectivity index (χ1) is 8.25. The lowest BCUT2D eigenvalue weighted by Gasteiger charge is -2.11. The molecular formula is C13H12N2S2. The summed E-state index contributed by atoms with van der Waals surface area (Å²) in [5, 5.41) is 4.14. The van der Waals surface area contributed by atoms with Gasteiger partial charge in [0.05, 0.1) is 16.3 Å². The standard InChI is InChI=1S/C13H12N2S2/c1-8-2-4-17-13(8)12(14)9-6-11-10(15-7-9)3-5-16-11/h2-7,12H,14H2,1H3. The van der Waals surface area contributed by atoms with Gasteiger partial charge in [0.15, 0.2) is 0 Å². The minimum atomic E-state index is -0.0611. The van der Waals surface area contributed by atoms with Crippen LogP contribution in [0, 0.1) is 6.92 Å². The zero-order chi connectivity index (χ0) is 11.8. The molecule has 0 fully saturated rings. The van der Waals surface area contributed by atoms with E-state index in [1.807, 2.05) is 12.3 Å². The Bertz CT molecular complexity index is 654. The quantitative estimate of drug-likeness (QED) is 0.762. The number of hydrogen-bond acceptors (Lipinski definition) is 4. The van der Waals surface area contributed by atoms with E-state index in [1.54, 1.807) is 22.7 Å². The van der Waals surface area contributed by atoms with E-state index < -0.39 is 0 Å². The van der Waals surface area contributed by atoms with Crippen molar-refractivity contribution in [1.29, 1.82) is 0 Å². The lowest BCUT2D eigenvalue weighted by molar-refractivity contribution is 0.881. The van der Waals surface area contributed by atoms with Crippen molar-refractivity contribution in [2.45, 2.75) is 13.0 Å². The van der Waals surface area contributed by atoms with Crippen LogP contribution >= 0.6 is 22.7 Å². The number of thiophene rings is 2. The Morgan fingerprint density at radius 2 is 2.06 bits per heavy atom. The molecule has 0 saturated heterocycles. The van der Waals surface area contributed by atoms with Crippen LogP contribution in [0.25, 0.3) is 10.2 Å². The second-order valence-electron chi connectivity index (χ2n) is 4.02. The van der Waals surface area contributed by atoms with E-state index in [2.05, 4.69) is 34.8 Å². The summed E-state index contributed by atoms with van der Waals surface area (Å²) in [6.07, 6.45) is 1.89. The van der Waals surface area contributed by atoms with Gasteiger partial charge in [-0.1, -0.05) is 0 Å². The van der Waals surface area contributed by atoms with Crippen molar-refractivity contribution in [3.63, 3.8) is 0 Å². The molecule has 0 aliphatic rings. The van der Waals surface area contributed by atoms with Crippen LogP contribution in [0.2, 0.25) is 0 Å². The van der Waals surface area contributed by atoms with Gasteiger partial charge in [-0.15, -0.1) is 22.7 Å². The molecule has 3 aromatic heterocycles. The molecule has 86 valence electrons. The molecule has 0 bridgehead atoms. The molecule has 0 amide bonds. The second kappa shape index (κ2) is 4.22. The summed E-state index contributed by atoms with van der Waals surface area (Å²) in [5.41, 5.74) is 9.69. The molecule has 4 heteroatoms. The van der Waals surface area contributed by atoms with Crippen molar-refractivity contribution < 1.29 is 0 Å². The van der Waals surface area contributed by atoms with E-state index in [9.17, 15) is 0 Å². The summed E-state index contributed by atoms with van der Waals surface area (Å²) >= 11 is 3.42. The van der Waals surface area contributed by atoms with Crippen molar-refractivity contribution in [3.05, 3.63) is 51.2 Å². The van der Waals surface area contributed by atoms with Crippen molar-refractivity contribution in [2.24, 2.45) is 5.73 Å². The van der Waals surface area contributed by atoms with Crippen LogP contribution in [0.1, 0.15) is 22.0 Å². The van der Waals surface area contributed by atoms with E-state index in [-0.39, 0.29) is 6.04 Å². The van der Waals surface area contributed by atoms with E-state index in [1.165, 1.54) is 15.1 Å². The third kappa shape index (κ3) is 1.88. The van der Waals surface area contributed by atoms with Crippen molar-refractivity contribution in [2.75, 3.05) is 0 Å². The van der Waals surface area contributed by atoms with Crippen LogP contribution in [-0.2, 0) is 0 Å². The number of fused-ring (bicyclic) bond motifs is 1. The Morgan fingerprint density at radius 1 is 1.24 bits per heavy atom. The maximum atomic E-state index is 6.30. The Morgan fingerprint density at radius 3 is 2.82 bits per heavy atom. The molecule has 17 heavy (non-hydrogen) atoms. The molecule has 3 aromatic rings. The molecule has 1 unspecified atom stereocenters. The summed E-state index contributed by atoms with van der Waals surface area (Å²) < 4.78 is 1.20. The van der Waals surface area contributed by atoms with E-state index in [0.717, 1.165) is 11.1 Å². The highest BCUT2D eigenvalue weighted by Gasteiger charge is 2.13. The number of hydrogen-bond donors (Lipinski definition) is 1. The van der Waals surface area contributed by atoms with Gasteiger partial charge >= 0.3 is 0 Å². The van der Waals surface area contributed by atoms with Crippen LogP contribution in [-0.4, -0.2) is 4.98 Å². The number of nitrogens with two attached hydrogens (primary N) is 1. The number of aromatic nitrogens is 1. The third-order valence-corrected chi connectivity index (χ3v) is 4.82. The summed E-state index contributed by atoms with van der Waals surface area (Å²) in [7, 11) is 0. The Labute approximate surface area is 108 Å². The number of pyridine rings is 1. The molecule has 3 rings (SSSR count). The molecule has 3 heterocycles. The fourth-order valence-corrected chi connectivity index (χ4v) is 3.63. The topological polar surface area (TPSA) is 38.9 Å². The highest BCUT2D eigenvalue weighted by atomic mass is 32.1. The van der Waals surface area contributed by atoms with Crippen LogP contribution in [0.15, 0.2) is 35.2 Å². The van der Waals surface area contributed by atoms with Crippen molar-refractivity contribution >= 4 is 32.9 Å². The van der Waals surface area contributed by atoms with Gasteiger partial charge in [0, 0.05) is 11.1 Å². The molecule has 0 aromatic carbocycles. The number of aryl methyl sites for hydroxylation is 1. The molecule has 0 spiro atoms. The van der Waals surface area contributed by atoms with Gasteiger partial charge in [-0.05, 0) is 47.0 Å². The number of rotatable bonds is 2. The summed E-state index contributed by atoms with van der Waals surface area (Å²) in [6.45, 7) is 2.10. The lowest BCUT2D eigenvalue weighted by atomic mass is 10.1. The normalized spacial score (nSPS) is 13.1. The van der Waals surface area contributed by atoms with Gasteiger partial charge in [-0.2, -0.15) is 0 Å². The Kier molecular flexibility index (Phi) is 2.70. The largest absolute Gasteiger partial charge is 0.320 e. The second-order valence-corrected chi connectivity index (χ2v) is 5.91. The van der Waals surface area contributed by atoms with Gasteiger partial charge in [0.1, 0.15) is 0 Å². The highest BCUT2D eigenvalue weighted by molar-refractivity contribution is 7.17. The van der Waals surface area contributed by atoms with Crippen molar-refractivity contribution in [3.8, 4) is 0 Å². The monoisotopic (exact) mass is 260 g/mol. The fourth-order valence-electron chi connectivity index (χ4n) is 1.89. The van der Waals surface area contributed by atoms with E-state index >= 15 is 0 Å². The summed E-state index contributed by atoms with van der Waals surface area (Å²) in [5.74, 6) is 0. The van der Waals surface area contributed by atoms with Crippen LogP contribution in [0.5, 0.6) is 0 Å². The maximum Gasteiger partial charge on any atom is 0.0809 e. The Hall–Kier alpha value is -1.23. The van der Waals surface area contributed by atoms with Gasteiger partial charge in [0.25, 0.3) is 0 Å².